The number of nitrogen functional groups attached to an aromatic ring is 1. The van der Waals surface area contributed by atoms with E-state index in [9.17, 15) is 22.8 Å². The summed E-state index contributed by atoms with van der Waals surface area (Å²) < 4.78 is 41.3. The minimum Gasteiger partial charge on any atom is -0.383 e. The Hall–Kier alpha value is -4.78. The molecule has 1 aliphatic heterocycles. The molecule has 45 heavy (non-hydrogen) atoms. The number of nitrogens with one attached hydrogen (secondary N) is 1. The van der Waals surface area contributed by atoms with Crippen LogP contribution in [0, 0.1) is 6.92 Å². The van der Waals surface area contributed by atoms with E-state index >= 15 is 0 Å². The molecule has 1 saturated heterocycles. The van der Waals surface area contributed by atoms with Crippen molar-refractivity contribution in [3.8, 4) is 11.1 Å². The van der Waals surface area contributed by atoms with Gasteiger partial charge in [-0.15, -0.1) is 0 Å². The number of carbonyl (C=O) groups excluding carboxylic acids is 2. The van der Waals surface area contributed by atoms with Crippen LogP contribution in [-0.4, -0.2) is 73.9 Å². The van der Waals surface area contributed by atoms with E-state index in [2.05, 4.69) is 36.8 Å². The predicted octanol–water partition coefficient (Wildman–Crippen LogP) is 5.08. The molecule has 0 spiro atoms. The molecule has 0 unspecified atom stereocenters. The van der Waals surface area contributed by atoms with Crippen molar-refractivity contribution in [2.75, 3.05) is 37.7 Å². The number of halogens is 3. The van der Waals surface area contributed by atoms with Gasteiger partial charge in [-0.3, -0.25) is 14.5 Å². The highest BCUT2D eigenvalue weighted by Gasteiger charge is 2.32. The molecule has 13 heteroatoms. The Morgan fingerprint density at radius 2 is 1.87 bits per heavy atom. The smallest absolute Gasteiger partial charge is 0.383 e. The molecule has 1 atom stereocenters. The minimum atomic E-state index is -4.55. The summed E-state index contributed by atoms with van der Waals surface area (Å²) in [7, 11) is 2.07. The lowest BCUT2D eigenvalue weighted by atomic mass is 10.0. The fourth-order valence-electron chi connectivity index (χ4n) is 5.97. The number of anilines is 2. The quantitative estimate of drug-likeness (QED) is 0.264. The number of benzene rings is 1. The number of nitrogens with two attached hydrogens (primary N) is 1. The first-order chi connectivity index (χ1) is 21.5. The summed E-state index contributed by atoms with van der Waals surface area (Å²) in [6.07, 6.45) is 4.63. The van der Waals surface area contributed by atoms with Crippen molar-refractivity contribution in [2.45, 2.75) is 44.4 Å². The van der Waals surface area contributed by atoms with Gasteiger partial charge in [0.15, 0.2) is 0 Å². The Morgan fingerprint density at radius 1 is 1.11 bits per heavy atom. The number of aromatic nitrogens is 4. The molecule has 10 nitrogen and oxygen atoms in total. The van der Waals surface area contributed by atoms with Gasteiger partial charge in [-0.05, 0) is 63.1 Å². The molecule has 234 valence electrons. The third kappa shape index (κ3) is 6.25. The van der Waals surface area contributed by atoms with Crippen molar-refractivity contribution in [1.29, 1.82) is 0 Å². The molecular formula is C32H33F3N8O2. The van der Waals surface area contributed by atoms with Crippen LogP contribution >= 0.6 is 0 Å². The first-order valence-corrected chi connectivity index (χ1v) is 14.7. The molecule has 4 aromatic rings. The number of nitrogens with zero attached hydrogens (tertiary/aromatic N) is 6. The average Bonchev–Trinajstić information content (AvgIpc) is 3.68. The summed E-state index contributed by atoms with van der Waals surface area (Å²) in [5, 5.41) is 3.10. The van der Waals surface area contributed by atoms with Crippen molar-refractivity contribution in [1.82, 2.24) is 29.3 Å². The molecule has 1 aliphatic carbocycles. The molecule has 2 amide bonds. The van der Waals surface area contributed by atoms with Gasteiger partial charge in [0, 0.05) is 54.8 Å². The number of hydrogen-bond acceptors (Lipinski definition) is 7. The molecule has 0 bridgehead atoms. The maximum atomic E-state index is 13.1. The van der Waals surface area contributed by atoms with Gasteiger partial charge in [0.1, 0.15) is 23.6 Å². The normalized spacial score (nSPS) is 17.1. The zero-order chi connectivity index (χ0) is 31.9. The molecule has 6 rings (SSSR count). The van der Waals surface area contributed by atoms with Crippen molar-refractivity contribution in [3.05, 3.63) is 77.9 Å². The highest BCUT2D eigenvalue weighted by atomic mass is 19.4. The third-order valence-electron chi connectivity index (χ3n) is 8.49. The third-order valence-corrected chi connectivity index (χ3v) is 8.49. The zero-order valence-corrected chi connectivity index (χ0v) is 24.9. The van der Waals surface area contributed by atoms with Gasteiger partial charge >= 0.3 is 6.18 Å². The number of hydrogen-bond donors (Lipinski definition) is 2. The van der Waals surface area contributed by atoms with E-state index in [-0.39, 0.29) is 23.3 Å². The van der Waals surface area contributed by atoms with E-state index in [0.29, 0.717) is 36.0 Å². The van der Waals surface area contributed by atoms with E-state index in [1.807, 2.05) is 17.9 Å². The molecule has 1 saturated carbocycles. The summed E-state index contributed by atoms with van der Waals surface area (Å²) in [5.74, 6) is -0.505. The van der Waals surface area contributed by atoms with E-state index in [1.54, 1.807) is 30.3 Å². The second-order valence-corrected chi connectivity index (χ2v) is 11.5. The van der Waals surface area contributed by atoms with Gasteiger partial charge in [-0.1, -0.05) is 18.2 Å². The number of pyridine rings is 1. The number of alkyl halides is 3. The van der Waals surface area contributed by atoms with Gasteiger partial charge in [-0.25, -0.2) is 15.0 Å². The summed E-state index contributed by atoms with van der Waals surface area (Å²) in [5.41, 5.74) is 8.83. The standard InChI is InChI=1S/C32H33F3N8O2/c1-19-27(20-5-7-21(8-6-20)31(45)40-25-16-22(11-13-37-25)32(33,34)35)28-29(36)38-18-39-30(28)43(19)24-12-15-42(17-24)26(44)4-3-14-41(2)23-9-10-23/h3-8,11,13,16,18,23-24H,9-10,12,14-15,17H2,1-2H3,(H2,36,38,39)(H,37,40,45)/t24-/m1/s1. The van der Waals surface area contributed by atoms with Crippen LogP contribution in [0.5, 0.6) is 0 Å². The fourth-order valence-corrected chi connectivity index (χ4v) is 5.97. The van der Waals surface area contributed by atoms with E-state index in [4.69, 9.17) is 5.73 Å². The Morgan fingerprint density at radius 3 is 2.58 bits per heavy atom. The summed E-state index contributed by atoms with van der Waals surface area (Å²) >= 11 is 0. The molecule has 4 heterocycles. The van der Waals surface area contributed by atoms with Crippen molar-refractivity contribution < 1.29 is 22.8 Å². The Kier molecular flexibility index (Phi) is 8.04. The molecule has 3 N–H and O–H groups in total. The van der Waals surface area contributed by atoms with Crippen LogP contribution in [0.25, 0.3) is 22.2 Å². The maximum absolute atomic E-state index is 13.1. The van der Waals surface area contributed by atoms with Gasteiger partial charge < -0.3 is 20.5 Å². The van der Waals surface area contributed by atoms with Crippen LogP contribution in [0.4, 0.5) is 24.8 Å². The number of fused-ring (bicyclic) bond motifs is 1. The van der Waals surface area contributed by atoms with Gasteiger partial charge in [0.05, 0.1) is 17.0 Å². The highest BCUT2D eigenvalue weighted by Crippen LogP contribution is 2.40. The first-order valence-electron chi connectivity index (χ1n) is 14.7. The molecule has 1 aromatic carbocycles. The van der Waals surface area contributed by atoms with Crippen LogP contribution in [-0.2, 0) is 11.0 Å². The van der Waals surface area contributed by atoms with Crippen molar-refractivity contribution in [2.24, 2.45) is 0 Å². The highest BCUT2D eigenvalue weighted by molar-refractivity contribution is 6.05. The lowest BCUT2D eigenvalue weighted by molar-refractivity contribution is -0.137. The minimum absolute atomic E-state index is 0.0145. The summed E-state index contributed by atoms with van der Waals surface area (Å²) in [4.78, 5) is 42.5. The molecule has 2 aliphatic rings. The first kappa shape index (κ1) is 30.3. The van der Waals surface area contributed by atoms with Crippen LogP contribution in [0.2, 0.25) is 0 Å². The van der Waals surface area contributed by atoms with E-state index in [1.165, 1.54) is 19.2 Å². The van der Waals surface area contributed by atoms with Crippen LogP contribution in [0.3, 0.4) is 0 Å². The second-order valence-electron chi connectivity index (χ2n) is 11.5. The molecule has 3 aromatic heterocycles. The average molecular weight is 619 g/mol. The summed E-state index contributed by atoms with van der Waals surface area (Å²) in [6.45, 7) is 3.86. The van der Waals surface area contributed by atoms with Gasteiger partial charge in [-0.2, -0.15) is 13.2 Å². The number of likely N-dealkylation sites (N-methyl/N-ethyl adjacent to an activating group) is 1. The Bertz CT molecular complexity index is 1780. The number of carbonyl (C=O) groups is 2. The Balaban J connectivity index is 1.22. The Labute approximate surface area is 257 Å². The van der Waals surface area contributed by atoms with Crippen LogP contribution in [0.1, 0.15) is 46.9 Å². The van der Waals surface area contributed by atoms with E-state index in [0.717, 1.165) is 48.1 Å². The lowest BCUT2D eigenvalue weighted by Crippen LogP contribution is -2.28. The number of likely N-dealkylation sites (tertiary alicyclic amines) is 1. The molecule has 2 fully saturated rings. The van der Waals surface area contributed by atoms with Crippen LogP contribution < -0.4 is 11.1 Å². The van der Waals surface area contributed by atoms with Crippen molar-refractivity contribution >= 4 is 34.5 Å². The topological polar surface area (TPSA) is 122 Å². The zero-order valence-electron chi connectivity index (χ0n) is 24.9. The van der Waals surface area contributed by atoms with E-state index < -0.39 is 17.6 Å². The predicted molar refractivity (Wildman–Crippen MR) is 164 cm³/mol. The molecule has 0 radical (unpaired) electrons. The van der Waals surface area contributed by atoms with Gasteiger partial charge in [0.25, 0.3) is 5.91 Å². The SMILES string of the molecule is Cc1c(-c2ccc(C(=O)Nc3cc(C(F)(F)F)ccn3)cc2)c2c(N)ncnc2n1[C@@H]1CCN(C(=O)C=CCN(C)C2CC2)C1. The van der Waals surface area contributed by atoms with Crippen molar-refractivity contribution in [3.63, 3.8) is 0 Å². The second kappa shape index (κ2) is 12.0. The summed E-state index contributed by atoms with van der Waals surface area (Å²) in [6, 6.07) is 8.91. The number of rotatable bonds is 8. The number of amides is 2. The molecular weight excluding hydrogens is 585 g/mol. The lowest BCUT2D eigenvalue weighted by Gasteiger charge is -2.18. The maximum Gasteiger partial charge on any atom is 0.416 e. The fraction of sp³-hybridized carbons (Fsp3) is 0.344. The van der Waals surface area contributed by atoms with Crippen LogP contribution in [0.15, 0.2) is 61.1 Å². The monoisotopic (exact) mass is 618 g/mol. The largest absolute Gasteiger partial charge is 0.416 e. The van der Waals surface area contributed by atoms with Gasteiger partial charge in [0.2, 0.25) is 5.91 Å².